The number of hydrogen-bond acceptors (Lipinski definition) is 3. The zero-order valence-corrected chi connectivity index (χ0v) is 20.2. The van der Waals surface area contributed by atoms with Gasteiger partial charge in [-0.3, -0.25) is 9.79 Å². The van der Waals surface area contributed by atoms with E-state index in [1.165, 1.54) is 5.56 Å². The van der Waals surface area contributed by atoms with E-state index in [-0.39, 0.29) is 29.9 Å². The summed E-state index contributed by atoms with van der Waals surface area (Å²) in [6.45, 7) is 4.93. The van der Waals surface area contributed by atoms with Crippen LogP contribution in [0.4, 0.5) is 0 Å². The van der Waals surface area contributed by atoms with E-state index in [2.05, 4.69) is 58.9 Å². The van der Waals surface area contributed by atoms with Crippen LogP contribution >= 0.6 is 24.0 Å². The van der Waals surface area contributed by atoms with Crippen LogP contribution < -0.4 is 15.4 Å². The Labute approximate surface area is 196 Å². The second kappa shape index (κ2) is 11.8. The first kappa shape index (κ1) is 24.0. The molecule has 162 valence electrons. The summed E-state index contributed by atoms with van der Waals surface area (Å²) in [6, 6.07) is 14.6. The summed E-state index contributed by atoms with van der Waals surface area (Å²) in [7, 11) is 3.45. The van der Waals surface area contributed by atoms with Gasteiger partial charge in [0.05, 0.1) is 7.11 Å². The first-order valence-corrected chi connectivity index (χ1v) is 10.0. The van der Waals surface area contributed by atoms with Crippen LogP contribution in [0, 0.1) is 6.92 Å². The summed E-state index contributed by atoms with van der Waals surface area (Å²) >= 11 is 0. The van der Waals surface area contributed by atoms with Crippen molar-refractivity contribution < 1.29 is 9.53 Å². The van der Waals surface area contributed by atoms with Gasteiger partial charge >= 0.3 is 0 Å². The molecule has 30 heavy (non-hydrogen) atoms. The van der Waals surface area contributed by atoms with E-state index in [1.54, 1.807) is 14.2 Å². The van der Waals surface area contributed by atoms with Gasteiger partial charge in [-0.1, -0.05) is 36.4 Å². The van der Waals surface area contributed by atoms with Gasteiger partial charge in [-0.05, 0) is 36.1 Å². The van der Waals surface area contributed by atoms with Crippen LogP contribution in [0.1, 0.15) is 35.1 Å². The average Bonchev–Trinajstić information content (AvgIpc) is 3.14. The Kier molecular flexibility index (Phi) is 9.42. The van der Waals surface area contributed by atoms with E-state index < -0.39 is 0 Å². The smallest absolute Gasteiger partial charge is 0.222 e. The quantitative estimate of drug-likeness (QED) is 0.332. The first-order valence-electron chi connectivity index (χ1n) is 10.0. The highest BCUT2D eigenvalue weighted by Crippen LogP contribution is 2.19. The summed E-state index contributed by atoms with van der Waals surface area (Å²) in [4.78, 5) is 18.0. The molecule has 2 N–H and O–H groups in total. The molecule has 1 heterocycles. The normalized spacial score (nSPS) is 13.8. The predicted molar refractivity (Wildman–Crippen MR) is 131 cm³/mol. The van der Waals surface area contributed by atoms with Crippen molar-refractivity contribution in [3.8, 4) is 5.75 Å². The molecule has 0 atom stereocenters. The van der Waals surface area contributed by atoms with Crippen molar-refractivity contribution in [1.29, 1.82) is 0 Å². The van der Waals surface area contributed by atoms with E-state index in [0.29, 0.717) is 26.1 Å². The van der Waals surface area contributed by atoms with Gasteiger partial charge in [0.25, 0.3) is 0 Å². The Morgan fingerprint density at radius 3 is 2.43 bits per heavy atom. The molecule has 2 aromatic rings. The molecule has 1 aliphatic rings. The van der Waals surface area contributed by atoms with Gasteiger partial charge in [-0.2, -0.15) is 0 Å². The lowest BCUT2D eigenvalue weighted by Crippen LogP contribution is -2.36. The predicted octanol–water partition coefficient (Wildman–Crippen LogP) is 3.61. The molecule has 1 fully saturated rings. The molecule has 0 bridgehead atoms. The van der Waals surface area contributed by atoms with Gasteiger partial charge in [0.15, 0.2) is 5.96 Å². The van der Waals surface area contributed by atoms with E-state index in [4.69, 9.17) is 4.74 Å². The van der Waals surface area contributed by atoms with Crippen molar-refractivity contribution in [2.24, 2.45) is 4.99 Å². The Bertz CT molecular complexity index is 868. The number of halogens is 1. The van der Waals surface area contributed by atoms with E-state index in [0.717, 1.165) is 41.4 Å². The van der Waals surface area contributed by atoms with Crippen LogP contribution in [0.25, 0.3) is 0 Å². The number of carbonyl (C=O) groups excluding carboxylic acids is 1. The van der Waals surface area contributed by atoms with Crippen molar-refractivity contribution in [2.45, 2.75) is 39.4 Å². The van der Waals surface area contributed by atoms with Crippen molar-refractivity contribution in [3.05, 3.63) is 64.7 Å². The Hall–Kier alpha value is -2.29. The third-order valence-corrected chi connectivity index (χ3v) is 5.14. The number of benzene rings is 2. The number of nitrogens with one attached hydrogen (secondary N) is 2. The monoisotopic (exact) mass is 522 g/mol. The Morgan fingerprint density at radius 2 is 1.80 bits per heavy atom. The molecule has 1 aliphatic heterocycles. The maximum absolute atomic E-state index is 11.8. The highest BCUT2D eigenvalue weighted by molar-refractivity contribution is 14.0. The van der Waals surface area contributed by atoms with Crippen LogP contribution in [0.3, 0.4) is 0 Å². The SMILES string of the molecule is CN=C(NCc1ccc(CN2CCCC2=O)cc1)NCc1ccc(C)cc1OC.I. The number of aryl methyl sites for hydroxylation is 1. The van der Waals surface area contributed by atoms with E-state index in [9.17, 15) is 4.79 Å². The first-order chi connectivity index (χ1) is 14.1. The minimum Gasteiger partial charge on any atom is -0.496 e. The molecule has 0 aromatic heterocycles. The lowest BCUT2D eigenvalue weighted by molar-refractivity contribution is -0.128. The molecule has 1 amide bonds. The number of carbonyl (C=O) groups is 1. The number of amides is 1. The van der Waals surface area contributed by atoms with Gasteiger partial charge in [-0.15, -0.1) is 24.0 Å². The molecule has 2 aromatic carbocycles. The van der Waals surface area contributed by atoms with Crippen LogP contribution in [-0.4, -0.2) is 37.5 Å². The summed E-state index contributed by atoms with van der Waals surface area (Å²) < 4.78 is 5.46. The number of guanidine groups is 1. The lowest BCUT2D eigenvalue weighted by atomic mass is 10.1. The minimum absolute atomic E-state index is 0. The maximum Gasteiger partial charge on any atom is 0.222 e. The molecule has 7 heteroatoms. The number of rotatable bonds is 7. The zero-order chi connectivity index (χ0) is 20.6. The topological polar surface area (TPSA) is 66.0 Å². The van der Waals surface area contributed by atoms with Crippen LogP contribution in [-0.2, 0) is 24.4 Å². The van der Waals surface area contributed by atoms with Gasteiger partial charge in [-0.25, -0.2) is 0 Å². The molecule has 0 aliphatic carbocycles. The number of hydrogen-bond donors (Lipinski definition) is 2. The number of methoxy groups -OCH3 is 1. The molecule has 0 spiro atoms. The van der Waals surface area contributed by atoms with Crippen LogP contribution in [0.5, 0.6) is 5.75 Å². The van der Waals surface area contributed by atoms with Crippen molar-refractivity contribution in [2.75, 3.05) is 20.7 Å². The minimum atomic E-state index is 0. The molecule has 0 saturated carbocycles. The molecule has 1 saturated heterocycles. The second-order valence-corrected chi connectivity index (χ2v) is 7.33. The Balaban J connectivity index is 0.00000320. The van der Waals surface area contributed by atoms with Crippen molar-refractivity contribution in [3.63, 3.8) is 0 Å². The molecule has 6 nitrogen and oxygen atoms in total. The van der Waals surface area contributed by atoms with Gasteiger partial charge in [0.2, 0.25) is 5.91 Å². The fourth-order valence-electron chi connectivity index (χ4n) is 3.44. The van der Waals surface area contributed by atoms with Crippen LogP contribution in [0.2, 0.25) is 0 Å². The van der Waals surface area contributed by atoms with Gasteiger partial charge < -0.3 is 20.3 Å². The third-order valence-electron chi connectivity index (χ3n) is 5.14. The van der Waals surface area contributed by atoms with Crippen molar-refractivity contribution >= 4 is 35.8 Å². The standard InChI is InChI=1S/C23H30N4O2.HI/c1-17-6-11-20(21(13-17)29-3)15-26-23(24-2)25-14-18-7-9-19(10-8-18)16-27-12-4-5-22(27)28;/h6-11,13H,4-5,12,14-16H2,1-3H3,(H2,24,25,26);1H. The van der Waals surface area contributed by atoms with Gasteiger partial charge in [0.1, 0.15) is 5.75 Å². The maximum atomic E-state index is 11.8. The van der Waals surface area contributed by atoms with Crippen LogP contribution in [0.15, 0.2) is 47.5 Å². The van der Waals surface area contributed by atoms with E-state index in [1.807, 2.05) is 11.0 Å². The molecule has 0 unspecified atom stereocenters. The third kappa shape index (κ3) is 6.62. The highest BCUT2D eigenvalue weighted by Gasteiger charge is 2.19. The molecule has 0 radical (unpaired) electrons. The number of likely N-dealkylation sites (tertiary alicyclic amines) is 1. The molecular formula is C23H31IN4O2. The Morgan fingerprint density at radius 1 is 1.10 bits per heavy atom. The average molecular weight is 522 g/mol. The van der Waals surface area contributed by atoms with E-state index >= 15 is 0 Å². The largest absolute Gasteiger partial charge is 0.496 e. The number of nitrogens with zero attached hydrogens (tertiary/aromatic N) is 2. The number of ether oxygens (including phenoxy) is 1. The fourth-order valence-corrected chi connectivity index (χ4v) is 3.44. The molecular weight excluding hydrogens is 491 g/mol. The summed E-state index contributed by atoms with van der Waals surface area (Å²) in [5.74, 6) is 1.87. The summed E-state index contributed by atoms with van der Waals surface area (Å²) in [5, 5.41) is 6.67. The van der Waals surface area contributed by atoms with Crippen molar-refractivity contribution in [1.82, 2.24) is 15.5 Å². The molecule has 3 rings (SSSR count). The lowest BCUT2D eigenvalue weighted by Gasteiger charge is -2.16. The summed E-state index contributed by atoms with van der Waals surface area (Å²) in [6.07, 6.45) is 1.66. The fraction of sp³-hybridized carbons (Fsp3) is 0.391. The zero-order valence-electron chi connectivity index (χ0n) is 17.9. The second-order valence-electron chi connectivity index (χ2n) is 7.33. The number of aliphatic imine (C=N–C) groups is 1. The summed E-state index contributed by atoms with van der Waals surface area (Å²) in [5.41, 5.74) is 4.59. The van der Waals surface area contributed by atoms with Gasteiger partial charge in [0, 0.05) is 45.2 Å². The highest BCUT2D eigenvalue weighted by atomic mass is 127.